The summed E-state index contributed by atoms with van der Waals surface area (Å²) in [6.45, 7) is 5.93. The van der Waals surface area contributed by atoms with E-state index in [2.05, 4.69) is 17.6 Å². The fraction of sp³-hybridized carbons (Fsp3) is 0.529. The Morgan fingerprint density at radius 1 is 1.18 bits per heavy atom. The first-order chi connectivity index (χ1) is 10.4. The third-order valence-electron chi connectivity index (χ3n) is 3.33. The molecule has 0 bridgehead atoms. The summed E-state index contributed by atoms with van der Waals surface area (Å²) in [5.41, 5.74) is 1.86. The molecule has 0 saturated carbocycles. The Labute approximate surface area is 132 Å². The van der Waals surface area contributed by atoms with Crippen molar-refractivity contribution in [1.29, 1.82) is 0 Å². The molecular weight excluding hydrogens is 280 g/mol. The van der Waals surface area contributed by atoms with Crippen molar-refractivity contribution < 1.29 is 14.7 Å². The van der Waals surface area contributed by atoms with Crippen LogP contribution in [0.4, 0.5) is 10.5 Å². The lowest BCUT2D eigenvalue weighted by Crippen LogP contribution is -2.49. The summed E-state index contributed by atoms with van der Waals surface area (Å²) in [4.78, 5) is 22.9. The van der Waals surface area contributed by atoms with Crippen LogP contribution >= 0.6 is 0 Å². The van der Waals surface area contributed by atoms with Gasteiger partial charge in [-0.1, -0.05) is 39.3 Å². The minimum absolute atomic E-state index is 0.154. The second-order valence-electron chi connectivity index (χ2n) is 5.90. The smallest absolute Gasteiger partial charge is 0.319 e. The molecule has 0 unspecified atom stereocenters. The number of benzene rings is 1. The van der Waals surface area contributed by atoms with Crippen LogP contribution in [-0.4, -0.2) is 18.0 Å². The van der Waals surface area contributed by atoms with Crippen LogP contribution in [0.2, 0.25) is 0 Å². The monoisotopic (exact) mass is 305 g/mol. The number of carbonyl (C=O) groups is 2. The maximum atomic E-state index is 11.9. The van der Waals surface area contributed by atoms with Gasteiger partial charge < -0.3 is 20.5 Å². The van der Waals surface area contributed by atoms with Crippen LogP contribution < -0.4 is 15.7 Å². The van der Waals surface area contributed by atoms with Crippen molar-refractivity contribution in [3.05, 3.63) is 29.8 Å². The summed E-state index contributed by atoms with van der Waals surface area (Å²) < 4.78 is 0. The highest BCUT2D eigenvalue weighted by molar-refractivity contribution is 5.91. The van der Waals surface area contributed by atoms with E-state index in [1.165, 1.54) is 5.56 Å². The third-order valence-corrected chi connectivity index (χ3v) is 3.33. The number of carboxylic acids is 1. The molecule has 1 rings (SSSR count). The van der Waals surface area contributed by atoms with Gasteiger partial charge in [-0.2, -0.15) is 0 Å². The van der Waals surface area contributed by atoms with Gasteiger partial charge in [-0.05, 0) is 42.9 Å². The number of hydrogen-bond acceptors (Lipinski definition) is 3. The summed E-state index contributed by atoms with van der Waals surface area (Å²) in [5, 5.41) is 16.1. The number of amides is 2. The Morgan fingerprint density at radius 2 is 1.82 bits per heavy atom. The third kappa shape index (κ3) is 6.61. The van der Waals surface area contributed by atoms with E-state index in [4.69, 9.17) is 0 Å². The molecule has 5 nitrogen and oxygen atoms in total. The van der Waals surface area contributed by atoms with Crippen molar-refractivity contribution in [2.75, 3.05) is 5.32 Å². The van der Waals surface area contributed by atoms with Gasteiger partial charge in [0.05, 0.1) is 12.0 Å². The SMILES string of the molecule is CCCCc1ccc(NC(=O)N[C@@H](CC(C)C)C(=O)[O-])cc1. The number of hydrogen-bond donors (Lipinski definition) is 2. The summed E-state index contributed by atoms with van der Waals surface area (Å²) in [5.74, 6) is -1.11. The molecule has 0 aromatic heterocycles. The molecular formula is C17H25N2O3-. The average molecular weight is 305 g/mol. The normalized spacial score (nSPS) is 12.0. The zero-order valence-corrected chi connectivity index (χ0v) is 13.5. The molecule has 1 atom stereocenters. The minimum Gasteiger partial charge on any atom is -0.548 e. The lowest BCUT2D eigenvalue weighted by Gasteiger charge is -2.21. The van der Waals surface area contributed by atoms with E-state index in [0.29, 0.717) is 12.1 Å². The van der Waals surface area contributed by atoms with E-state index in [-0.39, 0.29) is 5.92 Å². The molecule has 0 fully saturated rings. The summed E-state index contributed by atoms with van der Waals surface area (Å²) in [7, 11) is 0. The van der Waals surface area contributed by atoms with Gasteiger partial charge in [-0.15, -0.1) is 0 Å². The fourth-order valence-electron chi connectivity index (χ4n) is 2.15. The predicted octanol–water partition coefficient (Wildman–Crippen LogP) is 2.32. The number of aliphatic carboxylic acids is 1. The summed E-state index contributed by atoms with van der Waals surface area (Å²) >= 11 is 0. The van der Waals surface area contributed by atoms with Crippen LogP contribution in [0, 0.1) is 5.92 Å². The van der Waals surface area contributed by atoms with Crippen molar-refractivity contribution in [3.8, 4) is 0 Å². The first kappa shape index (κ1) is 18.0. The van der Waals surface area contributed by atoms with E-state index < -0.39 is 18.0 Å². The fourth-order valence-corrected chi connectivity index (χ4v) is 2.15. The maximum Gasteiger partial charge on any atom is 0.319 e. The van der Waals surface area contributed by atoms with Gasteiger partial charge in [0, 0.05) is 5.69 Å². The molecule has 0 spiro atoms. The number of urea groups is 1. The highest BCUT2D eigenvalue weighted by Gasteiger charge is 2.15. The molecule has 0 aliphatic rings. The lowest BCUT2D eigenvalue weighted by molar-refractivity contribution is -0.308. The van der Waals surface area contributed by atoms with Crippen molar-refractivity contribution in [3.63, 3.8) is 0 Å². The first-order valence-corrected chi connectivity index (χ1v) is 7.79. The van der Waals surface area contributed by atoms with Crippen LogP contribution in [0.15, 0.2) is 24.3 Å². The second kappa shape index (κ2) is 9.07. The zero-order valence-electron chi connectivity index (χ0n) is 13.5. The molecule has 0 heterocycles. The van der Waals surface area contributed by atoms with Crippen molar-refractivity contribution in [1.82, 2.24) is 5.32 Å². The van der Waals surface area contributed by atoms with Gasteiger partial charge in [-0.3, -0.25) is 0 Å². The van der Waals surface area contributed by atoms with Gasteiger partial charge in [0.2, 0.25) is 0 Å². The maximum absolute atomic E-state index is 11.9. The van der Waals surface area contributed by atoms with Gasteiger partial charge in [0.1, 0.15) is 0 Å². The van der Waals surface area contributed by atoms with Gasteiger partial charge >= 0.3 is 6.03 Å². The molecule has 0 aliphatic heterocycles. The van der Waals surface area contributed by atoms with Crippen LogP contribution in [0.1, 0.15) is 45.6 Å². The van der Waals surface area contributed by atoms with Crippen LogP contribution in [0.3, 0.4) is 0 Å². The largest absolute Gasteiger partial charge is 0.548 e. The van der Waals surface area contributed by atoms with Gasteiger partial charge in [-0.25, -0.2) is 4.79 Å². The van der Waals surface area contributed by atoms with Crippen molar-refractivity contribution >= 4 is 17.7 Å². The van der Waals surface area contributed by atoms with Crippen LogP contribution in [-0.2, 0) is 11.2 Å². The molecule has 2 N–H and O–H groups in total. The minimum atomic E-state index is -1.27. The molecule has 5 heteroatoms. The van der Waals surface area contributed by atoms with Crippen molar-refractivity contribution in [2.45, 2.75) is 52.5 Å². The number of carbonyl (C=O) groups excluding carboxylic acids is 2. The molecule has 0 saturated heterocycles. The molecule has 1 aromatic rings. The van der Waals surface area contributed by atoms with Crippen LogP contribution in [0.25, 0.3) is 0 Å². The summed E-state index contributed by atoms with van der Waals surface area (Å²) in [6, 6.07) is 6.06. The Kier molecular flexibility index (Phi) is 7.43. The van der Waals surface area contributed by atoms with Crippen molar-refractivity contribution in [2.24, 2.45) is 5.92 Å². The number of aryl methyl sites for hydroxylation is 1. The molecule has 0 aliphatic carbocycles. The Balaban J connectivity index is 2.54. The highest BCUT2D eigenvalue weighted by Crippen LogP contribution is 2.12. The van der Waals surface area contributed by atoms with E-state index in [1.54, 1.807) is 0 Å². The van der Waals surface area contributed by atoms with Gasteiger partial charge in [0.25, 0.3) is 0 Å². The van der Waals surface area contributed by atoms with E-state index in [9.17, 15) is 14.7 Å². The van der Waals surface area contributed by atoms with Crippen LogP contribution in [0.5, 0.6) is 0 Å². The quantitative estimate of drug-likeness (QED) is 0.773. The number of carboxylic acid groups (broad SMARTS) is 1. The topological polar surface area (TPSA) is 81.3 Å². The first-order valence-electron chi connectivity index (χ1n) is 7.79. The average Bonchev–Trinajstić information content (AvgIpc) is 2.45. The number of unbranched alkanes of at least 4 members (excludes halogenated alkanes) is 1. The Hall–Kier alpha value is -2.04. The molecule has 0 radical (unpaired) electrons. The Bertz CT molecular complexity index is 483. The zero-order chi connectivity index (χ0) is 16.5. The molecule has 2 amide bonds. The molecule has 22 heavy (non-hydrogen) atoms. The second-order valence-corrected chi connectivity index (χ2v) is 5.90. The number of anilines is 1. The van der Waals surface area contributed by atoms with E-state index in [1.807, 2.05) is 38.1 Å². The number of rotatable bonds is 8. The molecule has 1 aromatic carbocycles. The lowest BCUT2D eigenvalue weighted by atomic mass is 10.0. The standard InChI is InChI=1S/C17H26N2O3/c1-4-5-6-13-7-9-14(10-8-13)18-17(22)19-15(16(20)21)11-12(2)3/h7-10,12,15H,4-6,11H2,1-3H3,(H,20,21)(H2,18,19,22)/p-1/t15-/m0/s1. The summed E-state index contributed by atoms with van der Waals surface area (Å²) in [6.07, 6.45) is 3.63. The Morgan fingerprint density at radius 3 is 2.32 bits per heavy atom. The van der Waals surface area contributed by atoms with E-state index in [0.717, 1.165) is 19.3 Å². The number of nitrogens with one attached hydrogen (secondary N) is 2. The predicted molar refractivity (Wildman–Crippen MR) is 85.5 cm³/mol. The van der Waals surface area contributed by atoms with E-state index >= 15 is 0 Å². The highest BCUT2D eigenvalue weighted by atomic mass is 16.4. The van der Waals surface area contributed by atoms with Gasteiger partial charge in [0.15, 0.2) is 0 Å². The molecule has 122 valence electrons.